The van der Waals surface area contributed by atoms with Gasteiger partial charge in [0.1, 0.15) is 21.9 Å². The summed E-state index contributed by atoms with van der Waals surface area (Å²) in [6.07, 6.45) is 1.85. The molecule has 7 heteroatoms. The van der Waals surface area contributed by atoms with E-state index in [0.29, 0.717) is 16.0 Å². The number of carbonyl (C=O) groups is 1. The van der Waals surface area contributed by atoms with Gasteiger partial charge in [0.2, 0.25) is 0 Å². The molecule has 20 heavy (non-hydrogen) atoms. The number of carbonyl (C=O) groups excluding carboxylic acids is 1. The van der Waals surface area contributed by atoms with Gasteiger partial charge in [0.05, 0.1) is 5.02 Å². The summed E-state index contributed by atoms with van der Waals surface area (Å²) in [5.41, 5.74) is 0.930. The van der Waals surface area contributed by atoms with Gasteiger partial charge < -0.3 is 9.88 Å². The number of fused-ring (bicyclic) bond motifs is 1. The van der Waals surface area contributed by atoms with Crippen molar-refractivity contribution in [3.8, 4) is 0 Å². The molecule has 0 saturated heterocycles. The Kier molecular flexibility index (Phi) is 3.52. The molecule has 104 valence electrons. The molecule has 1 aliphatic heterocycles. The summed E-state index contributed by atoms with van der Waals surface area (Å²) in [7, 11) is 0. The van der Waals surface area contributed by atoms with Crippen molar-refractivity contribution in [2.24, 2.45) is 0 Å². The van der Waals surface area contributed by atoms with E-state index in [1.165, 1.54) is 18.2 Å². The Balaban J connectivity index is 1.88. The number of nitrogens with one attached hydrogen (secondary N) is 1. The van der Waals surface area contributed by atoms with Gasteiger partial charge in [-0.3, -0.25) is 4.79 Å². The van der Waals surface area contributed by atoms with E-state index in [1.54, 1.807) is 0 Å². The number of rotatable bonds is 2. The van der Waals surface area contributed by atoms with Gasteiger partial charge in [-0.05, 0) is 40.5 Å². The molecule has 0 bridgehead atoms. The predicted molar refractivity (Wildman–Crippen MR) is 77.6 cm³/mol. The fourth-order valence-corrected chi connectivity index (χ4v) is 3.05. The highest BCUT2D eigenvalue weighted by molar-refractivity contribution is 9.10. The average Bonchev–Trinajstić information content (AvgIpc) is 2.93. The number of nitrogens with zero attached hydrogens (tertiary/aromatic N) is 2. The number of amides is 1. The monoisotopic (exact) mass is 357 g/mol. The van der Waals surface area contributed by atoms with Gasteiger partial charge in [-0.25, -0.2) is 9.37 Å². The van der Waals surface area contributed by atoms with Crippen LogP contribution in [0.4, 0.5) is 10.1 Å². The molecule has 0 saturated carbocycles. The number of benzene rings is 1. The van der Waals surface area contributed by atoms with Gasteiger partial charge >= 0.3 is 0 Å². The van der Waals surface area contributed by atoms with Crippen LogP contribution in [0.25, 0.3) is 0 Å². The molecule has 4 nitrogen and oxygen atoms in total. The van der Waals surface area contributed by atoms with Gasteiger partial charge in [0.15, 0.2) is 0 Å². The second-order valence-electron chi connectivity index (χ2n) is 4.51. The fraction of sp³-hybridized carbons (Fsp3) is 0.231. The minimum Gasteiger partial charge on any atom is -0.323 e. The van der Waals surface area contributed by atoms with Crippen molar-refractivity contribution >= 4 is 39.1 Å². The Morgan fingerprint density at radius 1 is 1.50 bits per heavy atom. The van der Waals surface area contributed by atoms with Gasteiger partial charge in [-0.1, -0.05) is 11.6 Å². The van der Waals surface area contributed by atoms with Crippen molar-refractivity contribution in [3.63, 3.8) is 0 Å². The summed E-state index contributed by atoms with van der Waals surface area (Å²) in [5, 5.41) is 2.67. The minimum atomic E-state index is -0.518. The normalized spacial score (nSPS) is 13.3. The molecule has 3 rings (SSSR count). The second-order valence-corrected chi connectivity index (χ2v) is 5.66. The van der Waals surface area contributed by atoms with Gasteiger partial charge in [0.25, 0.3) is 5.91 Å². The fourth-order valence-electron chi connectivity index (χ4n) is 2.27. The Hall–Kier alpha value is -1.40. The first-order valence-electron chi connectivity index (χ1n) is 6.07. The number of halogens is 3. The lowest BCUT2D eigenvalue weighted by Crippen LogP contribution is -2.17. The topological polar surface area (TPSA) is 46.9 Å². The lowest BCUT2D eigenvalue weighted by Gasteiger charge is -2.08. The van der Waals surface area contributed by atoms with Crippen molar-refractivity contribution in [1.82, 2.24) is 9.55 Å². The number of anilines is 1. The summed E-state index contributed by atoms with van der Waals surface area (Å²) < 4.78 is 15.5. The van der Waals surface area contributed by atoms with E-state index in [4.69, 9.17) is 11.6 Å². The molecule has 1 amide bonds. The van der Waals surface area contributed by atoms with Crippen LogP contribution in [-0.2, 0) is 13.0 Å². The van der Waals surface area contributed by atoms with Crippen molar-refractivity contribution in [2.45, 2.75) is 19.4 Å². The molecule has 0 spiro atoms. The molecule has 2 aromatic rings. The Morgan fingerprint density at radius 3 is 3.05 bits per heavy atom. The van der Waals surface area contributed by atoms with Crippen molar-refractivity contribution in [2.75, 3.05) is 5.32 Å². The maximum absolute atomic E-state index is 13.1. The minimum absolute atomic E-state index is 0.0274. The molecule has 0 unspecified atom stereocenters. The van der Waals surface area contributed by atoms with Gasteiger partial charge in [-0.2, -0.15) is 0 Å². The van der Waals surface area contributed by atoms with Crippen LogP contribution in [-0.4, -0.2) is 15.5 Å². The Morgan fingerprint density at radius 2 is 2.30 bits per heavy atom. The number of imidazole rings is 1. The van der Waals surface area contributed by atoms with E-state index in [-0.39, 0.29) is 10.9 Å². The third kappa shape index (κ3) is 2.33. The first-order valence-corrected chi connectivity index (χ1v) is 7.24. The van der Waals surface area contributed by atoms with E-state index in [0.717, 1.165) is 25.2 Å². The molecule has 2 heterocycles. The molecule has 0 radical (unpaired) electrons. The van der Waals surface area contributed by atoms with Crippen molar-refractivity contribution in [3.05, 3.63) is 45.2 Å². The number of hydrogen-bond acceptors (Lipinski definition) is 2. The van der Waals surface area contributed by atoms with Crippen LogP contribution >= 0.6 is 27.5 Å². The maximum atomic E-state index is 13.1. The smallest absolute Gasteiger partial charge is 0.275 e. The van der Waals surface area contributed by atoms with Crippen LogP contribution in [0.1, 0.15) is 22.7 Å². The van der Waals surface area contributed by atoms with E-state index >= 15 is 0 Å². The molecule has 1 N–H and O–H groups in total. The Bertz CT molecular complexity index is 701. The lowest BCUT2D eigenvalue weighted by molar-refractivity contribution is 0.101. The molecular formula is C13H10BrClFN3O. The zero-order chi connectivity index (χ0) is 14.3. The van der Waals surface area contributed by atoms with E-state index in [1.807, 2.05) is 4.57 Å². The van der Waals surface area contributed by atoms with Crippen LogP contribution in [0.5, 0.6) is 0 Å². The highest BCUT2D eigenvalue weighted by Gasteiger charge is 2.24. The molecule has 0 fully saturated rings. The van der Waals surface area contributed by atoms with Crippen LogP contribution in [0.3, 0.4) is 0 Å². The largest absolute Gasteiger partial charge is 0.323 e. The summed E-state index contributed by atoms with van der Waals surface area (Å²) in [5.74, 6) is 0.0930. The zero-order valence-corrected chi connectivity index (χ0v) is 12.6. The van der Waals surface area contributed by atoms with Crippen molar-refractivity contribution in [1.29, 1.82) is 0 Å². The Labute approximate surface area is 128 Å². The lowest BCUT2D eigenvalue weighted by atomic mass is 10.3. The molecule has 0 aliphatic carbocycles. The summed E-state index contributed by atoms with van der Waals surface area (Å²) in [6, 6.07) is 4.06. The maximum Gasteiger partial charge on any atom is 0.275 e. The number of aryl methyl sites for hydroxylation is 1. The SMILES string of the molecule is O=C(Nc1ccc(F)c(Cl)c1)c1c(Br)nc2n1CCC2. The predicted octanol–water partition coefficient (Wildman–Crippen LogP) is 3.64. The molecule has 1 aromatic carbocycles. The summed E-state index contributed by atoms with van der Waals surface area (Å²) in [6.45, 7) is 0.779. The second kappa shape index (κ2) is 5.18. The van der Waals surface area contributed by atoms with E-state index in [2.05, 4.69) is 26.2 Å². The van der Waals surface area contributed by atoms with Crippen LogP contribution < -0.4 is 5.32 Å². The van der Waals surface area contributed by atoms with Gasteiger partial charge in [-0.15, -0.1) is 0 Å². The highest BCUT2D eigenvalue weighted by Crippen LogP contribution is 2.26. The third-order valence-corrected chi connectivity index (χ3v) is 4.02. The van der Waals surface area contributed by atoms with E-state index in [9.17, 15) is 9.18 Å². The quantitative estimate of drug-likeness (QED) is 0.891. The van der Waals surface area contributed by atoms with Gasteiger partial charge in [0, 0.05) is 18.7 Å². The first-order chi connectivity index (χ1) is 9.56. The number of hydrogen-bond donors (Lipinski definition) is 1. The standard InChI is InChI=1S/C13H10BrClFN3O/c14-12-11(19-5-1-2-10(19)18-12)13(20)17-7-3-4-9(16)8(15)6-7/h3-4,6H,1-2,5H2,(H,17,20). The van der Waals surface area contributed by atoms with Crippen LogP contribution in [0.2, 0.25) is 5.02 Å². The molecular weight excluding hydrogens is 349 g/mol. The molecule has 1 aliphatic rings. The summed E-state index contributed by atoms with van der Waals surface area (Å²) in [4.78, 5) is 16.6. The highest BCUT2D eigenvalue weighted by atomic mass is 79.9. The van der Waals surface area contributed by atoms with Crippen LogP contribution in [0, 0.1) is 5.82 Å². The summed E-state index contributed by atoms with van der Waals surface area (Å²) >= 11 is 9.00. The van der Waals surface area contributed by atoms with Crippen molar-refractivity contribution < 1.29 is 9.18 Å². The average molecular weight is 359 g/mol. The first kappa shape index (κ1) is 13.6. The molecule has 0 atom stereocenters. The number of aromatic nitrogens is 2. The molecule has 1 aromatic heterocycles. The third-order valence-electron chi connectivity index (χ3n) is 3.18. The zero-order valence-electron chi connectivity index (χ0n) is 10.3. The van der Waals surface area contributed by atoms with E-state index < -0.39 is 5.82 Å². The van der Waals surface area contributed by atoms with Crippen LogP contribution in [0.15, 0.2) is 22.8 Å².